The number of nitrogens with one attached hydrogen (secondary N) is 1. The van der Waals surface area contributed by atoms with Crippen LogP contribution in [-0.4, -0.2) is 17.1 Å². The second-order valence-corrected chi connectivity index (χ2v) is 4.96. The largest absolute Gasteiger partial charge is 0.473 e. The predicted molar refractivity (Wildman–Crippen MR) is 69.1 cm³/mol. The summed E-state index contributed by atoms with van der Waals surface area (Å²) in [4.78, 5) is 3.98. The first-order chi connectivity index (χ1) is 8.70. The maximum atomic E-state index is 14.1. The third-order valence-electron chi connectivity index (χ3n) is 3.10. The molecule has 100 valence electrons. The lowest BCUT2D eigenvalue weighted by Gasteiger charge is -2.14. The Morgan fingerprint density at radius 2 is 2.33 bits per heavy atom. The van der Waals surface area contributed by atoms with E-state index < -0.39 is 0 Å². The standard InChI is InChI=1S/C14H21FN2O/c1-3-4-10(2)18-14-13(15)11(7-8-16-14)9-17-12-5-6-12/h7-8,10,12,17H,3-6,9H2,1-2H3. The van der Waals surface area contributed by atoms with Crippen LogP contribution >= 0.6 is 0 Å². The molecule has 0 saturated heterocycles. The van der Waals surface area contributed by atoms with Crippen LogP contribution in [-0.2, 0) is 6.54 Å². The van der Waals surface area contributed by atoms with E-state index in [0.717, 1.165) is 12.8 Å². The van der Waals surface area contributed by atoms with Gasteiger partial charge in [0.2, 0.25) is 0 Å². The topological polar surface area (TPSA) is 34.1 Å². The van der Waals surface area contributed by atoms with E-state index in [0.29, 0.717) is 18.2 Å². The van der Waals surface area contributed by atoms with Crippen LogP contribution in [0.1, 0.15) is 45.1 Å². The Morgan fingerprint density at radius 1 is 1.56 bits per heavy atom. The number of rotatable bonds is 7. The van der Waals surface area contributed by atoms with Crippen molar-refractivity contribution in [3.05, 3.63) is 23.6 Å². The zero-order valence-electron chi connectivity index (χ0n) is 11.1. The minimum absolute atomic E-state index is 0.00337. The summed E-state index contributed by atoms with van der Waals surface area (Å²) in [5.74, 6) is -0.195. The number of aromatic nitrogens is 1. The molecule has 1 aromatic heterocycles. The third kappa shape index (κ3) is 3.67. The van der Waals surface area contributed by atoms with Crippen molar-refractivity contribution in [2.75, 3.05) is 0 Å². The van der Waals surface area contributed by atoms with Gasteiger partial charge in [-0.25, -0.2) is 9.37 Å². The van der Waals surface area contributed by atoms with E-state index in [1.807, 2.05) is 6.92 Å². The van der Waals surface area contributed by atoms with E-state index in [9.17, 15) is 4.39 Å². The monoisotopic (exact) mass is 252 g/mol. The smallest absolute Gasteiger partial charge is 0.250 e. The molecule has 1 aliphatic carbocycles. The van der Waals surface area contributed by atoms with E-state index in [2.05, 4.69) is 17.2 Å². The van der Waals surface area contributed by atoms with Crippen LogP contribution in [0.15, 0.2) is 12.3 Å². The lowest BCUT2D eigenvalue weighted by Crippen LogP contribution is -2.18. The summed E-state index contributed by atoms with van der Waals surface area (Å²) in [7, 11) is 0. The fourth-order valence-electron chi connectivity index (χ4n) is 1.88. The van der Waals surface area contributed by atoms with Gasteiger partial charge < -0.3 is 10.1 Å². The number of nitrogens with zero attached hydrogens (tertiary/aromatic N) is 1. The first-order valence-electron chi connectivity index (χ1n) is 6.74. The minimum Gasteiger partial charge on any atom is -0.473 e. The van der Waals surface area contributed by atoms with Gasteiger partial charge in [-0.1, -0.05) is 13.3 Å². The van der Waals surface area contributed by atoms with Gasteiger partial charge >= 0.3 is 0 Å². The Labute approximate surface area is 108 Å². The molecule has 1 atom stereocenters. The van der Waals surface area contributed by atoms with Crippen LogP contribution in [0.5, 0.6) is 5.88 Å². The molecule has 4 heteroatoms. The molecule has 1 fully saturated rings. The Balaban J connectivity index is 1.98. The van der Waals surface area contributed by atoms with Gasteiger partial charge in [0, 0.05) is 24.3 Å². The first-order valence-corrected chi connectivity index (χ1v) is 6.74. The highest BCUT2D eigenvalue weighted by molar-refractivity contribution is 5.23. The van der Waals surface area contributed by atoms with Gasteiger partial charge in [-0.05, 0) is 32.3 Å². The molecule has 0 amide bonds. The van der Waals surface area contributed by atoms with Crippen molar-refractivity contribution >= 4 is 0 Å². The van der Waals surface area contributed by atoms with Gasteiger partial charge in [-0.2, -0.15) is 0 Å². The molecule has 1 aliphatic rings. The molecule has 1 N–H and O–H groups in total. The molecule has 18 heavy (non-hydrogen) atoms. The van der Waals surface area contributed by atoms with E-state index in [4.69, 9.17) is 4.74 Å². The van der Waals surface area contributed by atoms with Crippen molar-refractivity contribution in [1.82, 2.24) is 10.3 Å². The quantitative estimate of drug-likeness (QED) is 0.810. The van der Waals surface area contributed by atoms with Crippen molar-refractivity contribution in [1.29, 1.82) is 0 Å². The van der Waals surface area contributed by atoms with Gasteiger partial charge in [-0.3, -0.25) is 0 Å². The first kappa shape index (κ1) is 13.3. The lowest BCUT2D eigenvalue weighted by atomic mass is 10.2. The lowest BCUT2D eigenvalue weighted by molar-refractivity contribution is 0.191. The summed E-state index contributed by atoms with van der Waals surface area (Å²) in [5, 5.41) is 3.30. The zero-order chi connectivity index (χ0) is 13.0. The second-order valence-electron chi connectivity index (χ2n) is 4.96. The highest BCUT2D eigenvalue weighted by Crippen LogP contribution is 2.22. The summed E-state index contributed by atoms with van der Waals surface area (Å²) in [6.07, 6.45) is 5.94. The molecule has 1 saturated carbocycles. The Morgan fingerprint density at radius 3 is 3.00 bits per heavy atom. The maximum Gasteiger partial charge on any atom is 0.250 e. The molecule has 1 unspecified atom stereocenters. The average Bonchev–Trinajstić information content (AvgIpc) is 3.14. The number of ether oxygens (including phenoxy) is 1. The highest BCUT2D eigenvalue weighted by Gasteiger charge is 2.21. The molecule has 3 nitrogen and oxygen atoms in total. The van der Waals surface area contributed by atoms with E-state index in [1.165, 1.54) is 12.8 Å². The number of pyridine rings is 1. The van der Waals surface area contributed by atoms with Gasteiger partial charge in [-0.15, -0.1) is 0 Å². The second kappa shape index (κ2) is 6.14. The number of halogens is 1. The Kier molecular flexibility index (Phi) is 4.53. The fraction of sp³-hybridized carbons (Fsp3) is 0.643. The molecule has 0 radical (unpaired) electrons. The Bertz CT molecular complexity index is 393. The zero-order valence-corrected chi connectivity index (χ0v) is 11.1. The van der Waals surface area contributed by atoms with Gasteiger partial charge in [0.15, 0.2) is 5.82 Å². The highest BCUT2D eigenvalue weighted by atomic mass is 19.1. The fourth-order valence-corrected chi connectivity index (χ4v) is 1.88. The molecule has 0 aliphatic heterocycles. The number of hydrogen-bond donors (Lipinski definition) is 1. The van der Waals surface area contributed by atoms with Crippen molar-refractivity contribution in [2.24, 2.45) is 0 Å². The molecular formula is C14H21FN2O. The van der Waals surface area contributed by atoms with Crippen molar-refractivity contribution in [2.45, 2.75) is 58.2 Å². The normalized spacial score (nSPS) is 16.6. The summed E-state index contributed by atoms with van der Waals surface area (Å²) >= 11 is 0. The summed E-state index contributed by atoms with van der Waals surface area (Å²) in [6, 6.07) is 2.28. The Hall–Kier alpha value is -1.16. The number of hydrogen-bond acceptors (Lipinski definition) is 3. The third-order valence-corrected chi connectivity index (χ3v) is 3.10. The van der Waals surface area contributed by atoms with Gasteiger partial charge in [0.25, 0.3) is 5.88 Å². The van der Waals surface area contributed by atoms with Crippen molar-refractivity contribution < 1.29 is 9.13 Å². The maximum absolute atomic E-state index is 14.1. The van der Waals surface area contributed by atoms with E-state index >= 15 is 0 Å². The van der Waals surface area contributed by atoms with Crippen LogP contribution < -0.4 is 10.1 Å². The predicted octanol–water partition coefficient (Wildman–Crippen LogP) is 3.04. The van der Waals surface area contributed by atoms with Crippen LogP contribution in [0.3, 0.4) is 0 Å². The van der Waals surface area contributed by atoms with Gasteiger partial charge in [0.1, 0.15) is 0 Å². The summed E-state index contributed by atoms with van der Waals surface area (Å²) < 4.78 is 19.7. The summed E-state index contributed by atoms with van der Waals surface area (Å²) in [5.41, 5.74) is 0.635. The van der Waals surface area contributed by atoms with E-state index in [1.54, 1.807) is 12.3 Å². The van der Waals surface area contributed by atoms with Crippen molar-refractivity contribution in [3.63, 3.8) is 0 Å². The minimum atomic E-state index is -0.325. The summed E-state index contributed by atoms with van der Waals surface area (Å²) in [6.45, 7) is 4.58. The molecule has 2 rings (SSSR count). The van der Waals surface area contributed by atoms with Crippen LogP contribution in [0, 0.1) is 5.82 Å². The molecule has 1 heterocycles. The van der Waals surface area contributed by atoms with Crippen LogP contribution in [0.2, 0.25) is 0 Å². The molecule has 0 bridgehead atoms. The average molecular weight is 252 g/mol. The van der Waals surface area contributed by atoms with E-state index in [-0.39, 0.29) is 17.8 Å². The molecule has 1 aromatic rings. The molecule has 0 spiro atoms. The van der Waals surface area contributed by atoms with Gasteiger partial charge in [0.05, 0.1) is 6.10 Å². The molecular weight excluding hydrogens is 231 g/mol. The van der Waals surface area contributed by atoms with Crippen LogP contribution in [0.4, 0.5) is 4.39 Å². The SMILES string of the molecule is CCCC(C)Oc1nccc(CNC2CC2)c1F. The van der Waals surface area contributed by atoms with Crippen molar-refractivity contribution in [3.8, 4) is 5.88 Å². The molecule has 0 aromatic carbocycles. The van der Waals surface area contributed by atoms with Crippen LogP contribution in [0.25, 0.3) is 0 Å².